The van der Waals surface area contributed by atoms with Crippen LogP contribution in [0.4, 0.5) is 9.18 Å². The van der Waals surface area contributed by atoms with Gasteiger partial charge in [0.05, 0.1) is 5.54 Å². The number of hydrogen-bond acceptors (Lipinski definition) is 6. The van der Waals surface area contributed by atoms with Gasteiger partial charge in [-0.2, -0.15) is 0 Å². The van der Waals surface area contributed by atoms with E-state index >= 15 is 4.39 Å². The highest BCUT2D eigenvalue weighted by atomic mass is 32.2. The molecule has 4 rings (SSSR count). The van der Waals surface area contributed by atoms with Crippen LogP contribution in [0, 0.1) is 11.7 Å². The fourth-order valence-electron chi connectivity index (χ4n) is 5.03. The lowest BCUT2D eigenvalue weighted by atomic mass is 9.84. The van der Waals surface area contributed by atoms with Gasteiger partial charge in [-0.15, -0.1) is 0 Å². The molecule has 8 nitrogen and oxygen atoms in total. The summed E-state index contributed by atoms with van der Waals surface area (Å²) in [5, 5.41) is 10.2. The van der Waals surface area contributed by atoms with Crippen LogP contribution in [0.5, 0.6) is 0 Å². The van der Waals surface area contributed by atoms with E-state index in [4.69, 9.17) is 9.73 Å². The molecule has 0 spiro atoms. The molecule has 0 unspecified atom stereocenters. The number of carbonyl (C=O) groups excluding carboxylic acids is 2. The minimum absolute atomic E-state index is 0.0504. The van der Waals surface area contributed by atoms with Crippen molar-refractivity contribution < 1.29 is 28.6 Å². The number of fused-ring (bicyclic) bond motifs is 1. The average molecular weight is 536 g/mol. The SMILES string of the molecule is C[C@]1(c2cc(C=O)ccc2F)N=C(N(COCC[Si](C)(C)C)C(=O)O)S[C@@]2(C(=O)N3CCCC3)C[C@H]21. The Labute approximate surface area is 216 Å². The van der Waals surface area contributed by atoms with Gasteiger partial charge >= 0.3 is 6.09 Å². The molecule has 2 amide bonds. The second-order valence-corrected chi connectivity index (χ2v) is 18.1. The normalized spacial score (nSPS) is 27.3. The number of aliphatic imine (C=N–C) groups is 1. The third-order valence-corrected chi connectivity index (χ3v) is 10.5. The zero-order valence-electron chi connectivity index (χ0n) is 21.3. The number of aldehydes is 1. The number of rotatable bonds is 8. The van der Waals surface area contributed by atoms with E-state index in [-0.39, 0.29) is 29.3 Å². The fourth-order valence-corrected chi connectivity index (χ4v) is 7.43. The number of hydrogen-bond donors (Lipinski definition) is 1. The quantitative estimate of drug-likeness (QED) is 0.226. The number of likely N-dealkylation sites (tertiary alicyclic amines) is 1. The number of halogens is 1. The maximum Gasteiger partial charge on any atom is 0.415 e. The van der Waals surface area contributed by atoms with Crippen LogP contribution in [0.1, 0.15) is 42.1 Å². The topological polar surface area (TPSA) is 99.5 Å². The Kier molecular flexibility index (Phi) is 7.37. The maximum absolute atomic E-state index is 15.2. The van der Waals surface area contributed by atoms with Crippen molar-refractivity contribution in [3.63, 3.8) is 0 Å². The Morgan fingerprint density at radius 2 is 2.03 bits per heavy atom. The van der Waals surface area contributed by atoms with E-state index in [1.807, 2.05) is 4.90 Å². The molecule has 1 saturated heterocycles. The van der Waals surface area contributed by atoms with Crippen LogP contribution in [0.25, 0.3) is 0 Å². The van der Waals surface area contributed by atoms with Crippen LogP contribution >= 0.6 is 11.8 Å². The number of carbonyl (C=O) groups is 3. The minimum atomic E-state index is -1.37. The van der Waals surface area contributed by atoms with Crippen LogP contribution in [0.2, 0.25) is 25.7 Å². The van der Waals surface area contributed by atoms with Gasteiger partial charge in [0, 0.05) is 44.8 Å². The molecule has 0 bridgehead atoms. The summed E-state index contributed by atoms with van der Waals surface area (Å²) in [5.74, 6) is -0.918. The monoisotopic (exact) mass is 535 g/mol. The average Bonchev–Trinajstić information content (AvgIpc) is 3.32. The number of nitrogens with zero attached hydrogens (tertiary/aromatic N) is 3. The number of thioether (sulfide) groups is 1. The first kappa shape index (κ1) is 26.8. The summed E-state index contributed by atoms with van der Waals surface area (Å²) in [7, 11) is -1.37. The van der Waals surface area contributed by atoms with Crippen molar-refractivity contribution in [1.29, 1.82) is 0 Å². The van der Waals surface area contributed by atoms with Gasteiger partial charge in [0.2, 0.25) is 5.91 Å². The van der Waals surface area contributed by atoms with Gasteiger partial charge in [0.1, 0.15) is 23.6 Å². The molecule has 11 heteroatoms. The van der Waals surface area contributed by atoms with Gasteiger partial charge in [0.25, 0.3) is 0 Å². The molecule has 1 N–H and O–H groups in total. The third-order valence-electron chi connectivity index (χ3n) is 7.30. The van der Waals surface area contributed by atoms with Crippen molar-refractivity contribution >= 4 is 43.3 Å². The summed E-state index contributed by atoms with van der Waals surface area (Å²) in [4.78, 5) is 45.1. The Hall–Kier alpha value is -2.24. The van der Waals surface area contributed by atoms with E-state index in [0.29, 0.717) is 38.0 Å². The number of amides is 2. The maximum atomic E-state index is 15.2. The number of benzene rings is 1. The van der Waals surface area contributed by atoms with E-state index in [9.17, 15) is 19.5 Å². The van der Waals surface area contributed by atoms with E-state index in [1.54, 1.807) is 6.92 Å². The highest BCUT2D eigenvalue weighted by Crippen LogP contribution is 2.67. The summed E-state index contributed by atoms with van der Waals surface area (Å²) in [6.07, 6.45) is 1.70. The lowest BCUT2D eigenvalue weighted by Crippen LogP contribution is -2.48. The first-order valence-corrected chi connectivity index (χ1v) is 16.9. The summed E-state index contributed by atoms with van der Waals surface area (Å²) in [5.41, 5.74) is -0.731. The molecule has 1 aromatic carbocycles. The van der Waals surface area contributed by atoms with Crippen molar-refractivity contribution in [2.75, 3.05) is 26.4 Å². The molecule has 36 heavy (non-hydrogen) atoms. The Balaban J connectivity index is 1.71. The molecule has 196 valence electrons. The highest BCUT2D eigenvalue weighted by molar-refractivity contribution is 8.16. The van der Waals surface area contributed by atoms with Crippen molar-refractivity contribution in [2.45, 2.75) is 62.2 Å². The molecule has 2 heterocycles. The second-order valence-electron chi connectivity index (χ2n) is 11.2. The molecular weight excluding hydrogens is 501 g/mol. The highest BCUT2D eigenvalue weighted by Gasteiger charge is 2.72. The predicted octanol–water partition coefficient (Wildman–Crippen LogP) is 4.63. The largest absolute Gasteiger partial charge is 0.465 e. The number of carboxylic acid groups (broad SMARTS) is 1. The predicted molar refractivity (Wildman–Crippen MR) is 140 cm³/mol. The standard InChI is InChI=1S/C25H34FN3O5SSi/c1-24(18-13-17(15-30)7-8-19(18)26)20-14-25(20,21(31)28-9-5-6-10-28)35-22(27-24)29(23(32)33)16-34-11-12-36(2,3)4/h7-8,13,15,20H,5-6,9-12,14,16H2,1-4H3,(H,32,33)/t20-,24+,25-/m0/s1. The van der Waals surface area contributed by atoms with Crippen LogP contribution < -0.4 is 0 Å². The molecule has 2 aliphatic heterocycles. The van der Waals surface area contributed by atoms with Crippen LogP contribution in [-0.4, -0.2) is 77.6 Å². The van der Waals surface area contributed by atoms with Gasteiger partial charge < -0.3 is 14.7 Å². The molecule has 0 aromatic heterocycles. The van der Waals surface area contributed by atoms with Crippen LogP contribution in [-0.2, 0) is 15.1 Å². The van der Waals surface area contributed by atoms with E-state index in [1.165, 1.54) is 18.2 Å². The smallest absolute Gasteiger partial charge is 0.415 e. The fraction of sp³-hybridized carbons (Fsp3) is 0.600. The van der Waals surface area contributed by atoms with E-state index < -0.39 is 30.3 Å². The Bertz CT molecular complexity index is 1090. The molecule has 1 aliphatic carbocycles. The van der Waals surface area contributed by atoms with Gasteiger partial charge in [-0.1, -0.05) is 31.4 Å². The van der Waals surface area contributed by atoms with Gasteiger partial charge in [0.15, 0.2) is 5.17 Å². The van der Waals surface area contributed by atoms with Crippen molar-refractivity contribution in [2.24, 2.45) is 10.9 Å². The zero-order chi connectivity index (χ0) is 26.3. The van der Waals surface area contributed by atoms with E-state index in [2.05, 4.69) is 19.6 Å². The zero-order valence-corrected chi connectivity index (χ0v) is 23.1. The van der Waals surface area contributed by atoms with E-state index in [0.717, 1.165) is 35.5 Å². The van der Waals surface area contributed by atoms with Crippen LogP contribution in [0.3, 0.4) is 0 Å². The molecule has 1 saturated carbocycles. The summed E-state index contributed by atoms with van der Waals surface area (Å²) >= 11 is 1.16. The minimum Gasteiger partial charge on any atom is -0.465 e. The van der Waals surface area contributed by atoms with Gasteiger partial charge in [-0.3, -0.25) is 14.6 Å². The summed E-state index contributed by atoms with van der Waals surface area (Å²) in [6.45, 7) is 9.88. The van der Waals surface area contributed by atoms with Gasteiger partial charge in [-0.25, -0.2) is 14.1 Å². The lowest BCUT2D eigenvalue weighted by molar-refractivity contribution is -0.130. The number of amidine groups is 1. The molecular formula is C25H34FN3O5SSi. The molecule has 3 atom stereocenters. The Morgan fingerprint density at radius 3 is 2.64 bits per heavy atom. The molecule has 2 fully saturated rings. The number of ether oxygens (including phenoxy) is 1. The van der Waals surface area contributed by atoms with Crippen molar-refractivity contribution in [3.8, 4) is 0 Å². The summed E-state index contributed by atoms with van der Waals surface area (Å²) in [6, 6.07) is 4.95. The summed E-state index contributed by atoms with van der Waals surface area (Å²) < 4.78 is 20.0. The molecule has 3 aliphatic rings. The van der Waals surface area contributed by atoms with Crippen molar-refractivity contribution in [1.82, 2.24) is 9.80 Å². The Morgan fingerprint density at radius 1 is 1.33 bits per heavy atom. The first-order chi connectivity index (χ1) is 16.9. The third kappa shape index (κ3) is 5.10. The first-order valence-electron chi connectivity index (χ1n) is 12.3. The van der Waals surface area contributed by atoms with Gasteiger partial charge in [-0.05, 0) is 50.4 Å². The lowest BCUT2D eigenvalue weighted by Gasteiger charge is -2.37. The molecule has 1 aromatic rings. The van der Waals surface area contributed by atoms with Crippen LogP contribution in [0.15, 0.2) is 23.2 Å². The molecule has 0 radical (unpaired) electrons. The second kappa shape index (κ2) is 9.90. The van der Waals surface area contributed by atoms with Crippen molar-refractivity contribution in [3.05, 3.63) is 35.1 Å².